The van der Waals surface area contributed by atoms with Crippen LogP contribution in [0.2, 0.25) is 0 Å². The minimum Gasteiger partial charge on any atom is -0.425 e. The highest BCUT2D eigenvalue weighted by molar-refractivity contribution is 7.86. The van der Waals surface area contributed by atoms with E-state index in [1.165, 1.54) is 0 Å². The molecule has 10 heteroatoms. The molecule has 136 valence electrons. The lowest BCUT2D eigenvalue weighted by atomic mass is 10.00. The zero-order valence-electron chi connectivity index (χ0n) is 13.3. The molecule has 8 nitrogen and oxygen atoms in total. The number of hydrogen-bond acceptors (Lipinski definition) is 6. The summed E-state index contributed by atoms with van der Waals surface area (Å²) in [5.41, 5.74) is 0. The number of esters is 1. The second-order valence-corrected chi connectivity index (χ2v) is 8.04. The molecule has 0 saturated carbocycles. The molecular weight excluding hydrogens is 360 g/mol. The van der Waals surface area contributed by atoms with Gasteiger partial charge in [-0.15, -0.1) is 0 Å². The fourth-order valence-electron chi connectivity index (χ4n) is 2.07. The van der Waals surface area contributed by atoms with Crippen LogP contribution >= 0.6 is 0 Å². The molecule has 0 radical (unpaired) electrons. The maximum Gasteiger partial charge on any atom is 0.314 e. The number of carbonyl (C=O) groups is 1. The van der Waals surface area contributed by atoms with E-state index in [4.69, 9.17) is 9.29 Å². The molecule has 1 aromatic carbocycles. The maximum atomic E-state index is 12.1. The van der Waals surface area contributed by atoms with Crippen LogP contribution in [-0.2, 0) is 25.0 Å². The predicted molar refractivity (Wildman–Crippen MR) is 85.0 cm³/mol. The van der Waals surface area contributed by atoms with Gasteiger partial charge in [0.1, 0.15) is 4.90 Å². The van der Waals surface area contributed by atoms with E-state index in [1.807, 2.05) is 6.92 Å². The van der Waals surface area contributed by atoms with Crippen molar-refractivity contribution in [1.29, 1.82) is 0 Å². The molecular formula is C14H20O8S2. The molecule has 0 aliphatic carbocycles. The molecule has 0 aromatic heterocycles. The van der Waals surface area contributed by atoms with Crippen LogP contribution in [0.4, 0.5) is 0 Å². The van der Waals surface area contributed by atoms with E-state index in [2.05, 4.69) is 0 Å². The summed E-state index contributed by atoms with van der Waals surface area (Å²) in [5, 5.41) is 0. The lowest BCUT2D eigenvalue weighted by Gasteiger charge is -2.15. The van der Waals surface area contributed by atoms with Gasteiger partial charge < -0.3 is 4.74 Å². The smallest absolute Gasteiger partial charge is 0.314 e. The third kappa shape index (κ3) is 5.55. The summed E-state index contributed by atoms with van der Waals surface area (Å²) in [6, 6.07) is 2.30. The lowest BCUT2D eigenvalue weighted by Crippen LogP contribution is -2.21. The van der Waals surface area contributed by atoms with Crippen molar-refractivity contribution in [3.8, 4) is 5.75 Å². The fourth-order valence-corrected chi connectivity index (χ4v) is 3.29. The molecule has 0 aliphatic rings. The first-order valence-electron chi connectivity index (χ1n) is 7.31. The molecule has 1 unspecified atom stereocenters. The first-order chi connectivity index (χ1) is 11.0. The van der Waals surface area contributed by atoms with E-state index in [9.17, 15) is 26.2 Å². The van der Waals surface area contributed by atoms with Crippen LogP contribution in [0.25, 0.3) is 0 Å². The number of rotatable bonds is 8. The van der Waals surface area contributed by atoms with E-state index in [0.717, 1.165) is 25.0 Å². The van der Waals surface area contributed by atoms with Gasteiger partial charge in [0.05, 0.1) is 10.8 Å². The van der Waals surface area contributed by atoms with E-state index in [1.54, 1.807) is 6.92 Å². The van der Waals surface area contributed by atoms with Gasteiger partial charge in [-0.25, -0.2) is 0 Å². The van der Waals surface area contributed by atoms with Gasteiger partial charge in [-0.1, -0.05) is 26.7 Å². The van der Waals surface area contributed by atoms with Gasteiger partial charge in [0.15, 0.2) is 5.75 Å². The summed E-state index contributed by atoms with van der Waals surface area (Å²) < 4.78 is 68.2. The highest BCUT2D eigenvalue weighted by atomic mass is 32.2. The number of ether oxygens (including phenoxy) is 1. The molecule has 0 heterocycles. The number of benzene rings is 1. The van der Waals surface area contributed by atoms with Gasteiger partial charge in [-0.2, -0.15) is 16.8 Å². The molecule has 0 amide bonds. The van der Waals surface area contributed by atoms with Crippen LogP contribution in [0.3, 0.4) is 0 Å². The van der Waals surface area contributed by atoms with Crippen molar-refractivity contribution in [3.05, 3.63) is 18.2 Å². The summed E-state index contributed by atoms with van der Waals surface area (Å²) in [7, 11) is -9.54. The average Bonchev–Trinajstić information content (AvgIpc) is 2.46. The average molecular weight is 380 g/mol. The standard InChI is InChI=1S/C14H20O8S2/c1-3-5-6-10(4-2)14(15)22-12-8-7-11(23(16,17)18)9-13(12)24(19,20)21/h7-10H,3-6H2,1-2H3,(H,16,17,18)(H,19,20,21). The van der Waals surface area contributed by atoms with E-state index in [-0.39, 0.29) is 0 Å². The van der Waals surface area contributed by atoms with Gasteiger partial charge in [0.2, 0.25) is 0 Å². The molecule has 0 aliphatic heterocycles. The van der Waals surface area contributed by atoms with E-state index < -0.39 is 47.7 Å². The number of carbonyl (C=O) groups excluding carboxylic acids is 1. The normalized spacial score (nSPS) is 13.5. The summed E-state index contributed by atoms with van der Waals surface area (Å²) >= 11 is 0. The third-order valence-corrected chi connectivity index (χ3v) is 5.16. The lowest BCUT2D eigenvalue weighted by molar-refractivity contribution is -0.139. The highest BCUT2D eigenvalue weighted by Gasteiger charge is 2.25. The summed E-state index contributed by atoms with van der Waals surface area (Å²) in [6.07, 6.45) is 2.73. The van der Waals surface area contributed by atoms with E-state index in [0.29, 0.717) is 18.9 Å². The van der Waals surface area contributed by atoms with Crippen LogP contribution in [0.1, 0.15) is 39.5 Å². The molecule has 1 rings (SSSR count). The third-order valence-electron chi connectivity index (χ3n) is 3.43. The van der Waals surface area contributed by atoms with Gasteiger partial charge in [-0.3, -0.25) is 13.9 Å². The minimum absolute atomic E-state index is 0.444. The Balaban J connectivity index is 3.22. The molecule has 1 atom stereocenters. The van der Waals surface area contributed by atoms with Crippen molar-refractivity contribution in [1.82, 2.24) is 0 Å². The van der Waals surface area contributed by atoms with Gasteiger partial charge in [-0.05, 0) is 31.0 Å². The first kappa shape index (κ1) is 20.6. The molecule has 1 aromatic rings. The fraction of sp³-hybridized carbons (Fsp3) is 0.500. The Hall–Kier alpha value is -1.49. The zero-order chi connectivity index (χ0) is 18.5. The minimum atomic E-state index is -4.86. The van der Waals surface area contributed by atoms with Crippen molar-refractivity contribution in [2.75, 3.05) is 0 Å². The van der Waals surface area contributed by atoms with Gasteiger partial charge in [0, 0.05) is 0 Å². The second kappa shape index (κ2) is 8.06. The Morgan fingerprint density at radius 2 is 1.75 bits per heavy atom. The van der Waals surface area contributed by atoms with Crippen LogP contribution in [0.5, 0.6) is 5.75 Å². The Morgan fingerprint density at radius 1 is 1.12 bits per heavy atom. The summed E-state index contributed by atoms with van der Waals surface area (Å²) in [6.45, 7) is 3.75. The second-order valence-electron chi connectivity index (χ2n) is 5.23. The van der Waals surface area contributed by atoms with Crippen LogP contribution in [0.15, 0.2) is 28.0 Å². The van der Waals surface area contributed by atoms with Crippen molar-refractivity contribution in [3.63, 3.8) is 0 Å². The zero-order valence-corrected chi connectivity index (χ0v) is 14.9. The summed E-state index contributed by atoms with van der Waals surface area (Å²) in [5.74, 6) is -1.61. The maximum absolute atomic E-state index is 12.1. The molecule has 0 saturated heterocycles. The molecule has 0 bridgehead atoms. The highest BCUT2D eigenvalue weighted by Crippen LogP contribution is 2.28. The monoisotopic (exact) mass is 380 g/mol. The Morgan fingerprint density at radius 3 is 2.21 bits per heavy atom. The predicted octanol–water partition coefficient (Wildman–Crippen LogP) is 2.30. The Kier molecular flexibility index (Phi) is 6.90. The van der Waals surface area contributed by atoms with Gasteiger partial charge >= 0.3 is 5.97 Å². The van der Waals surface area contributed by atoms with Crippen molar-refractivity contribution >= 4 is 26.2 Å². The first-order valence-corrected chi connectivity index (χ1v) is 10.2. The van der Waals surface area contributed by atoms with Crippen molar-refractivity contribution in [2.45, 2.75) is 49.3 Å². The topological polar surface area (TPSA) is 135 Å². The van der Waals surface area contributed by atoms with Crippen molar-refractivity contribution in [2.24, 2.45) is 5.92 Å². The van der Waals surface area contributed by atoms with Crippen molar-refractivity contribution < 1.29 is 35.5 Å². The SMILES string of the molecule is CCCCC(CC)C(=O)Oc1ccc(S(=O)(=O)O)cc1S(=O)(=O)O. The quantitative estimate of drug-likeness (QED) is 0.398. The number of hydrogen-bond donors (Lipinski definition) is 2. The largest absolute Gasteiger partial charge is 0.425 e. The molecule has 0 spiro atoms. The van der Waals surface area contributed by atoms with E-state index >= 15 is 0 Å². The summed E-state index contributed by atoms with van der Waals surface area (Å²) in [4.78, 5) is 10.5. The van der Waals surface area contributed by atoms with Crippen LogP contribution in [0, 0.1) is 5.92 Å². The van der Waals surface area contributed by atoms with Crippen LogP contribution in [-0.4, -0.2) is 31.9 Å². The molecule has 24 heavy (non-hydrogen) atoms. The Bertz CT molecular complexity index is 796. The van der Waals surface area contributed by atoms with Gasteiger partial charge in [0.25, 0.3) is 20.2 Å². The molecule has 0 fully saturated rings. The Labute approximate surface area is 141 Å². The number of unbranched alkanes of at least 4 members (excludes halogenated alkanes) is 1. The van der Waals surface area contributed by atoms with Crippen LogP contribution < -0.4 is 4.74 Å². The molecule has 2 N–H and O–H groups in total.